The van der Waals surface area contributed by atoms with Gasteiger partial charge in [0.1, 0.15) is 5.54 Å². The van der Waals surface area contributed by atoms with Crippen molar-refractivity contribution in [1.82, 2.24) is 10.2 Å². The second-order valence-corrected chi connectivity index (χ2v) is 8.51. The summed E-state index contributed by atoms with van der Waals surface area (Å²) in [6, 6.07) is 21.0. The molecule has 1 atom stereocenters. The Kier molecular flexibility index (Phi) is 3.72. The highest BCUT2D eigenvalue weighted by molar-refractivity contribution is 6.12. The van der Waals surface area contributed by atoms with E-state index in [0.29, 0.717) is 12.0 Å². The average molecular weight is 408 g/mol. The second kappa shape index (κ2) is 6.38. The molecular formula is C26H20N2O3. The lowest BCUT2D eigenvalue weighted by molar-refractivity contribution is -0.131. The van der Waals surface area contributed by atoms with E-state index in [2.05, 4.69) is 17.4 Å². The van der Waals surface area contributed by atoms with Crippen LogP contribution < -0.4 is 5.32 Å². The first kappa shape index (κ1) is 18.1. The first-order valence-corrected chi connectivity index (χ1v) is 10.5. The summed E-state index contributed by atoms with van der Waals surface area (Å²) in [5.74, 6) is -0.568. The van der Waals surface area contributed by atoms with Gasteiger partial charge >= 0.3 is 6.03 Å². The standard InChI is InChI=1S/C26H20N2O3/c29-23(19-10-9-18-13-17-6-1-3-7-20(17)21(18)14-19)15-28-24(30)26(27-25(28)31)12-11-16-5-2-4-8-22(16)26/h1-10,14H,11-13,15H2,(H,27,31)/t26-/m0/s1. The molecule has 0 saturated carbocycles. The van der Waals surface area contributed by atoms with Crippen molar-refractivity contribution in [2.24, 2.45) is 0 Å². The van der Waals surface area contributed by atoms with Gasteiger partial charge in [-0.2, -0.15) is 0 Å². The predicted octanol–water partition coefficient (Wildman–Crippen LogP) is 3.83. The van der Waals surface area contributed by atoms with Crippen molar-refractivity contribution in [2.75, 3.05) is 6.54 Å². The first-order chi connectivity index (χ1) is 15.1. The van der Waals surface area contributed by atoms with Gasteiger partial charge in [-0.15, -0.1) is 0 Å². The van der Waals surface area contributed by atoms with E-state index in [1.54, 1.807) is 6.07 Å². The van der Waals surface area contributed by atoms with Crippen LogP contribution in [0.15, 0.2) is 66.7 Å². The van der Waals surface area contributed by atoms with E-state index in [1.165, 1.54) is 11.1 Å². The molecule has 6 rings (SSSR count). The number of urea groups is 1. The molecule has 3 aliphatic rings. The van der Waals surface area contributed by atoms with Crippen LogP contribution in [0.2, 0.25) is 0 Å². The third-order valence-electron chi connectivity index (χ3n) is 6.84. The summed E-state index contributed by atoms with van der Waals surface area (Å²) in [4.78, 5) is 40.2. The van der Waals surface area contributed by atoms with Crippen LogP contribution in [0, 0.1) is 0 Å². The minimum atomic E-state index is -1.04. The number of nitrogens with zero attached hydrogens (tertiary/aromatic N) is 1. The number of hydrogen-bond donors (Lipinski definition) is 1. The largest absolute Gasteiger partial charge is 0.325 e. The molecule has 3 aromatic carbocycles. The molecule has 5 nitrogen and oxygen atoms in total. The lowest BCUT2D eigenvalue weighted by atomic mass is 9.92. The molecular weight excluding hydrogens is 388 g/mol. The third-order valence-corrected chi connectivity index (χ3v) is 6.84. The van der Waals surface area contributed by atoms with Gasteiger partial charge in [-0.1, -0.05) is 60.7 Å². The zero-order valence-corrected chi connectivity index (χ0v) is 16.9. The number of carbonyl (C=O) groups excluding carboxylic acids is 3. The van der Waals surface area contributed by atoms with Crippen molar-refractivity contribution in [3.8, 4) is 11.1 Å². The predicted molar refractivity (Wildman–Crippen MR) is 116 cm³/mol. The Labute approximate surface area is 179 Å². The van der Waals surface area contributed by atoms with E-state index in [0.717, 1.165) is 40.0 Å². The number of aryl methyl sites for hydroxylation is 1. The first-order valence-electron chi connectivity index (χ1n) is 10.5. The summed E-state index contributed by atoms with van der Waals surface area (Å²) in [5, 5.41) is 2.88. The third kappa shape index (κ3) is 2.53. The van der Waals surface area contributed by atoms with Gasteiger partial charge in [0.15, 0.2) is 5.78 Å². The maximum atomic E-state index is 13.3. The molecule has 0 radical (unpaired) electrons. The molecule has 31 heavy (non-hydrogen) atoms. The van der Waals surface area contributed by atoms with Gasteiger partial charge in [-0.3, -0.25) is 14.5 Å². The SMILES string of the molecule is O=C(CN1C(=O)N[C@]2(CCc3ccccc32)C1=O)c1ccc2c(c1)-c1ccccc1C2. The van der Waals surface area contributed by atoms with Crippen LogP contribution in [-0.4, -0.2) is 29.2 Å². The molecule has 1 heterocycles. The molecule has 1 aliphatic heterocycles. The molecule has 0 aromatic heterocycles. The summed E-state index contributed by atoms with van der Waals surface area (Å²) < 4.78 is 0. The number of Topliss-reactive ketones (excluding diaryl/α,β-unsaturated/α-hetero) is 1. The summed E-state index contributed by atoms with van der Waals surface area (Å²) in [6.07, 6.45) is 2.11. The number of fused-ring (bicyclic) bond motifs is 5. The van der Waals surface area contributed by atoms with Gasteiger partial charge in [0.25, 0.3) is 5.91 Å². The van der Waals surface area contributed by atoms with E-state index < -0.39 is 11.6 Å². The van der Waals surface area contributed by atoms with Gasteiger partial charge < -0.3 is 5.32 Å². The summed E-state index contributed by atoms with van der Waals surface area (Å²) in [7, 11) is 0. The Hall–Kier alpha value is -3.73. The van der Waals surface area contributed by atoms with Crippen LogP contribution in [0.1, 0.15) is 39.0 Å². The fraction of sp³-hybridized carbons (Fsp3) is 0.192. The monoisotopic (exact) mass is 408 g/mol. The maximum Gasteiger partial charge on any atom is 0.325 e. The van der Waals surface area contributed by atoms with Crippen LogP contribution in [0.3, 0.4) is 0 Å². The second-order valence-electron chi connectivity index (χ2n) is 8.51. The number of rotatable bonds is 3. The van der Waals surface area contributed by atoms with Crippen molar-refractivity contribution in [3.05, 3.63) is 94.5 Å². The number of carbonyl (C=O) groups is 3. The van der Waals surface area contributed by atoms with Gasteiger partial charge in [0.05, 0.1) is 6.54 Å². The highest BCUT2D eigenvalue weighted by atomic mass is 16.2. The summed E-state index contributed by atoms with van der Waals surface area (Å²) >= 11 is 0. The highest BCUT2D eigenvalue weighted by Crippen LogP contribution is 2.41. The molecule has 152 valence electrons. The molecule has 1 fully saturated rings. The Morgan fingerprint density at radius 2 is 1.65 bits per heavy atom. The zero-order chi connectivity index (χ0) is 21.2. The van der Waals surface area contributed by atoms with E-state index in [-0.39, 0.29) is 18.2 Å². The maximum absolute atomic E-state index is 13.3. The Bertz CT molecular complexity index is 1300. The van der Waals surface area contributed by atoms with Crippen LogP contribution in [0.25, 0.3) is 11.1 Å². The van der Waals surface area contributed by atoms with Gasteiger partial charge in [0, 0.05) is 5.56 Å². The smallest absolute Gasteiger partial charge is 0.319 e. The van der Waals surface area contributed by atoms with E-state index in [9.17, 15) is 14.4 Å². The van der Waals surface area contributed by atoms with Crippen LogP contribution in [0.5, 0.6) is 0 Å². The molecule has 3 aromatic rings. The van der Waals surface area contributed by atoms with Crippen LogP contribution in [0.4, 0.5) is 4.79 Å². The number of nitrogens with one attached hydrogen (secondary N) is 1. The zero-order valence-electron chi connectivity index (χ0n) is 16.9. The molecule has 0 bridgehead atoms. The number of imide groups is 1. The minimum Gasteiger partial charge on any atom is -0.319 e. The Morgan fingerprint density at radius 1 is 0.903 bits per heavy atom. The number of hydrogen-bond acceptors (Lipinski definition) is 3. The van der Waals surface area contributed by atoms with Crippen molar-refractivity contribution in [2.45, 2.75) is 24.8 Å². The molecule has 5 heteroatoms. The minimum absolute atomic E-state index is 0.237. The van der Waals surface area contributed by atoms with Crippen LogP contribution in [-0.2, 0) is 23.2 Å². The number of benzene rings is 3. The summed E-state index contributed by atoms with van der Waals surface area (Å²) in [5.41, 5.74) is 6.03. The van der Waals surface area contributed by atoms with Gasteiger partial charge in [0.2, 0.25) is 0 Å². The van der Waals surface area contributed by atoms with Gasteiger partial charge in [-0.05, 0) is 58.7 Å². The van der Waals surface area contributed by atoms with Crippen molar-refractivity contribution < 1.29 is 14.4 Å². The normalized spacial score (nSPS) is 20.6. The lowest BCUT2D eigenvalue weighted by Crippen LogP contribution is -2.42. The fourth-order valence-electron chi connectivity index (χ4n) is 5.27. The molecule has 0 unspecified atom stereocenters. The number of ketones is 1. The lowest BCUT2D eigenvalue weighted by Gasteiger charge is -2.22. The molecule has 1 spiro atoms. The van der Waals surface area contributed by atoms with Crippen molar-refractivity contribution in [1.29, 1.82) is 0 Å². The van der Waals surface area contributed by atoms with Crippen LogP contribution >= 0.6 is 0 Å². The highest BCUT2D eigenvalue weighted by Gasteiger charge is 2.55. The molecule has 3 amide bonds. The van der Waals surface area contributed by atoms with Crippen molar-refractivity contribution in [3.63, 3.8) is 0 Å². The topological polar surface area (TPSA) is 66.5 Å². The van der Waals surface area contributed by atoms with E-state index in [1.807, 2.05) is 48.5 Å². The Balaban J connectivity index is 1.29. The fourth-order valence-corrected chi connectivity index (χ4v) is 5.27. The molecule has 1 N–H and O–H groups in total. The Morgan fingerprint density at radius 3 is 2.52 bits per heavy atom. The average Bonchev–Trinajstić information content (AvgIpc) is 3.42. The van der Waals surface area contributed by atoms with Gasteiger partial charge in [-0.25, -0.2) is 4.79 Å². The van der Waals surface area contributed by atoms with E-state index >= 15 is 0 Å². The van der Waals surface area contributed by atoms with Crippen molar-refractivity contribution >= 4 is 17.7 Å². The quantitative estimate of drug-likeness (QED) is 0.414. The summed E-state index contributed by atoms with van der Waals surface area (Å²) in [6.45, 7) is -0.255. The molecule has 1 saturated heterocycles. The van der Waals surface area contributed by atoms with E-state index in [4.69, 9.17) is 0 Å². The molecule has 2 aliphatic carbocycles. The number of amides is 3.